The lowest BCUT2D eigenvalue weighted by Gasteiger charge is -2.10. The zero-order valence-corrected chi connectivity index (χ0v) is 19.1. The molecule has 0 aliphatic carbocycles. The van der Waals surface area contributed by atoms with Gasteiger partial charge in [-0.25, -0.2) is 4.79 Å². The number of thioether (sulfide) groups is 1. The summed E-state index contributed by atoms with van der Waals surface area (Å²) in [5.74, 6) is 1.01. The molecule has 1 N–H and O–H groups in total. The highest BCUT2D eigenvalue weighted by molar-refractivity contribution is 7.99. The molecule has 31 heavy (non-hydrogen) atoms. The number of Topliss-reactive ketones (excluding diaryl/α,β-unsaturated/α-hetero) is 1. The van der Waals surface area contributed by atoms with E-state index in [2.05, 4.69) is 15.2 Å². The van der Waals surface area contributed by atoms with Crippen molar-refractivity contribution >= 4 is 23.5 Å². The second-order valence-corrected chi connectivity index (χ2v) is 7.75. The molecule has 1 aromatic carbocycles. The second-order valence-electron chi connectivity index (χ2n) is 6.81. The summed E-state index contributed by atoms with van der Waals surface area (Å²) in [6.07, 6.45) is 0. The molecule has 0 amide bonds. The van der Waals surface area contributed by atoms with Crippen LogP contribution in [0.1, 0.15) is 46.0 Å². The molecule has 0 radical (unpaired) electrons. The number of aromatic amines is 1. The van der Waals surface area contributed by atoms with Gasteiger partial charge in [-0.05, 0) is 45.4 Å². The summed E-state index contributed by atoms with van der Waals surface area (Å²) in [5, 5.41) is 9.26. The maximum Gasteiger partial charge on any atom is 0.340 e. The van der Waals surface area contributed by atoms with Crippen LogP contribution in [0.4, 0.5) is 0 Å². The summed E-state index contributed by atoms with van der Waals surface area (Å²) in [7, 11) is 1.62. The molecule has 0 bridgehead atoms. The second kappa shape index (κ2) is 9.82. The van der Waals surface area contributed by atoms with E-state index in [1.165, 1.54) is 11.8 Å². The van der Waals surface area contributed by atoms with Crippen molar-refractivity contribution in [2.24, 2.45) is 0 Å². The number of carbonyl (C=O) groups excluding carboxylic acids is 2. The molecule has 0 spiro atoms. The Morgan fingerprint density at radius 2 is 1.90 bits per heavy atom. The summed E-state index contributed by atoms with van der Waals surface area (Å²) >= 11 is 1.31. The highest BCUT2D eigenvalue weighted by Gasteiger charge is 2.24. The van der Waals surface area contributed by atoms with Gasteiger partial charge >= 0.3 is 5.97 Å². The van der Waals surface area contributed by atoms with Crippen LogP contribution in [-0.4, -0.2) is 51.0 Å². The minimum absolute atomic E-state index is 0.120. The van der Waals surface area contributed by atoms with Crippen LogP contribution in [0.5, 0.6) is 5.75 Å². The topological polar surface area (TPSA) is 99.1 Å². The van der Waals surface area contributed by atoms with Crippen molar-refractivity contribution in [2.75, 3.05) is 19.5 Å². The highest BCUT2D eigenvalue weighted by atomic mass is 32.2. The van der Waals surface area contributed by atoms with Crippen LogP contribution < -0.4 is 4.74 Å². The summed E-state index contributed by atoms with van der Waals surface area (Å²) < 4.78 is 12.5. The highest BCUT2D eigenvalue weighted by Crippen LogP contribution is 2.31. The van der Waals surface area contributed by atoms with E-state index in [0.29, 0.717) is 45.8 Å². The Hall–Kier alpha value is -3.07. The van der Waals surface area contributed by atoms with E-state index in [1.807, 2.05) is 35.8 Å². The Kier molecular flexibility index (Phi) is 7.17. The first kappa shape index (κ1) is 22.6. The molecular weight excluding hydrogens is 416 g/mol. The molecule has 9 heteroatoms. The van der Waals surface area contributed by atoms with Crippen LogP contribution in [-0.2, 0) is 11.3 Å². The SMILES string of the molecule is CCOC(=O)c1c(C)[nH]c(C(=O)CSc2nnc(-c3ccccc3OC)n2CC)c1C. The van der Waals surface area contributed by atoms with Gasteiger partial charge < -0.3 is 19.0 Å². The maximum atomic E-state index is 12.9. The monoisotopic (exact) mass is 442 g/mol. The first-order valence-electron chi connectivity index (χ1n) is 10.0. The third-order valence-electron chi connectivity index (χ3n) is 4.91. The van der Waals surface area contributed by atoms with E-state index in [1.54, 1.807) is 27.9 Å². The van der Waals surface area contributed by atoms with Crippen molar-refractivity contribution in [3.63, 3.8) is 0 Å². The molecule has 8 nitrogen and oxygen atoms in total. The van der Waals surface area contributed by atoms with E-state index < -0.39 is 5.97 Å². The first-order chi connectivity index (χ1) is 14.9. The lowest BCUT2D eigenvalue weighted by Crippen LogP contribution is -2.09. The number of hydrogen-bond acceptors (Lipinski definition) is 7. The fraction of sp³-hybridized carbons (Fsp3) is 0.364. The molecular formula is C22H26N4O4S. The summed E-state index contributed by atoms with van der Waals surface area (Å²) in [4.78, 5) is 28.1. The van der Waals surface area contributed by atoms with Crippen molar-refractivity contribution in [3.8, 4) is 17.1 Å². The molecule has 0 saturated heterocycles. The fourth-order valence-corrected chi connectivity index (χ4v) is 4.32. The molecule has 3 rings (SSSR count). The minimum Gasteiger partial charge on any atom is -0.496 e. The Balaban J connectivity index is 1.81. The van der Waals surface area contributed by atoms with Crippen molar-refractivity contribution in [3.05, 3.63) is 46.8 Å². The Morgan fingerprint density at radius 1 is 1.16 bits per heavy atom. The number of ether oxygens (including phenoxy) is 2. The number of benzene rings is 1. The van der Waals surface area contributed by atoms with E-state index >= 15 is 0 Å². The molecule has 0 unspecified atom stereocenters. The Labute approximate surface area is 185 Å². The number of ketones is 1. The normalized spacial score (nSPS) is 10.9. The third-order valence-corrected chi connectivity index (χ3v) is 5.88. The van der Waals surface area contributed by atoms with Crippen LogP contribution in [0.2, 0.25) is 0 Å². The number of carbonyl (C=O) groups is 2. The molecule has 0 atom stereocenters. The molecule has 164 valence electrons. The van der Waals surface area contributed by atoms with Gasteiger partial charge in [0.1, 0.15) is 5.75 Å². The quantitative estimate of drug-likeness (QED) is 0.303. The molecule has 0 saturated carbocycles. The van der Waals surface area contributed by atoms with Gasteiger partial charge in [0, 0.05) is 12.2 Å². The predicted octanol–water partition coefficient (Wildman–Crippen LogP) is 4.07. The molecule has 0 fully saturated rings. The van der Waals surface area contributed by atoms with Crippen LogP contribution in [0.3, 0.4) is 0 Å². The predicted molar refractivity (Wildman–Crippen MR) is 119 cm³/mol. The maximum absolute atomic E-state index is 12.9. The first-order valence-corrected chi connectivity index (χ1v) is 11.0. The average Bonchev–Trinajstić information content (AvgIpc) is 3.31. The number of para-hydroxylation sites is 1. The van der Waals surface area contributed by atoms with Crippen LogP contribution in [0, 0.1) is 13.8 Å². The van der Waals surface area contributed by atoms with Gasteiger partial charge in [0.25, 0.3) is 0 Å². The largest absolute Gasteiger partial charge is 0.496 e. The summed E-state index contributed by atoms with van der Waals surface area (Å²) in [6, 6.07) is 7.61. The van der Waals surface area contributed by atoms with Crippen molar-refractivity contribution in [2.45, 2.75) is 39.4 Å². The molecule has 0 aliphatic rings. The number of aryl methyl sites for hydroxylation is 1. The van der Waals surface area contributed by atoms with E-state index in [9.17, 15) is 9.59 Å². The van der Waals surface area contributed by atoms with Gasteiger partial charge in [0.05, 0.1) is 36.3 Å². The Morgan fingerprint density at radius 3 is 2.58 bits per heavy atom. The smallest absolute Gasteiger partial charge is 0.340 e. The van der Waals surface area contributed by atoms with Gasteiger partial charge in [-0.15, -0.1) is 10.2 Å². The number of aromatic nitrogens is 4. The van der Waals surface area contributed by atoms with E-state index in [4.69, 9.17) is 9.47 Å². The fourth-order valence-electron chi connectivity index (χ4n) is 3.45. The standard InChI is InChI=1S/C22H26N4O4S/c1-6-26-20(15-10-8-9-11-17(15)29-5)24-25-22(26)31-12-16(27)19-13(3)18(14(4)23-19)21(28)30-7-2/h8-11,23H,6-7,12H2,1-5H3. The lowest BCUT2D eigenvalue weighted by molar-refractivity contribution is 0.0525. The number of H-pyrrole nitrogens is 1. The van der Waals surface area contributed by atoms with Crippen LogP contribution in [0.25, 0.3) is 11.4 Å². The Bertz CT molecular complexity index is 1100. The number of hydrogen-bond donors (Lipinski definition) is 1. The van der Waals surface area contributed by atoms with Gasteiger partial charge in [0.15, 0.2) is 16.8 Å². The van der Waals surface area contributed by atoms with E-state index in [0.717, 1.165) is 5.56 Å². The lowest BCUT2D eigenvalue weighted by atomic mass is 10.1. The zero-order chi connectivity index (χ0) is 22.5. The van der Waals surface area contributed by atoms with Crippen molar-refractivity contribution < 1.29 is 19.1 Å². The molecule has 0 aliphatic heterocycles. The molecule has 3 aromatic rings. The van der Waals surface area contributed by atoms with Crippen LogP contribution >= 0.6 is 11.8 Å². The number of rotatable bonds is 9. The third kappa shape index (κ3) is 4.51. The number of methoxy groups -OCH3 is 1. The van der Waals surface area contributed by atoms with Gasteiger partial charge in [-0.1, -0.05) is 23.9 Å². The van der Waals surface area contributed by atoms with Crippen LogP contribution in [0.15, 0.2) is 29.4 Å². The summed E-state index contributed by atoms with van der Waals surface area (Å²) in [6.45, 7) is 8.19. The van der Waals surface area contributed by atoms with E-state index in [-0.39, 0.29) is 18.1 Å². The number of esters is 1. The average molecular weight is 443 g/mol. The van der Waals surface area contributed by atoms with Gasteiger partial charge in [-0.2, -0.15) is 0 Å². The number of nitrogens with one attached hydrogen (secondary N) is 1. The molecule has 2 heterocycles. The minimum atomic E-state index is -0.423. The summed E-state index contributed by atoms with van der Waals surface area (Å²) in [5.41, 5.74) is 2.91. The van der Waals surface area contributed by atoms with Gasteiger partial charge in [0.2, 0.25) is 0 Å². The van der Waals surface area contributed by atoms with Crippen molar-refractivity contribution in [1.29, 1.82) is 0 Å². The van der Waals surface area contributed by atoms with Crippen molar-refractivity contribution in [1.82, 2.24) is 19.7 Å². The molecule has 2 aromatic heterocycles. The zero-order valence-electron chi connectivity index (χ0n) is 18.3. The van der Waals surface area contributed by atoms with Gasteiger partial charge in [-0.3, -0.25) is 4.79 Å². The number of nitrogens with zero attached hydrogens (tertiary/aromatic N) is 3.